The Bertz CT molecular complexity index is 483. The maximum Gasteiger partial charge on any atom is 0.328 e. The van der Waals surface area contributed by atoms with E-state index in [0.717, 1.165) is 0 Å². The minimum Gasteiger partial charge on any atom is -0.464 e. The number of carbonyl (C=O) groups is 2. The molecule has 1 aromatic carbocycles. The van der Waals surface area contributed by atoms with Gasteiger partial charge in [0, 0.05) is 5.56 Å². The molecule has 0 bridgehead atoms. The Morgan fingerprint density at radius 1 is 1.37 bits per heavy atom. The fourth-order valence-corrected chi connectivity index (χ4v) is 1.81. The molecule has 1 amide bonds. The molecule has 0 radical (unpaired) electrons. The summed E-state index contributed by atoms with van der Waals surface area (Å²) in [6.45, 7) is 3.46. The quantitative estimate of drug-likeness (QED) is 0.660. The van der Waals surface area contributed by atoms with Crippen LogP contribution in [0.5, 0.6) is 0 Å². The normalized spacial score (nSPS) is 11.8. The van der Waals surface area contributed by atoms with Crippen molar-refractivity contribution in [1.82, 2.24) is 5.32 Å². The van der Waals surface area contributed by atoms with Gasteiger partial charge in [-0.1, -0.05) is 23.2 Å². The van der Waals surface area contributed by atoms with E-state index in [1.165, 1.54) is 19.1 Å². The number of hydrogen-bond acceptors (Lipinski definition) is 4. The lowest BCUT2D eigenvalue weighted by molar-refractivity contribution is -0.144. The molecule has 104 valence electrons. The number of rotatable bonds is 4. The molecule has 1 aromatic rings. The topological polar surface area (TPSA) is 81.4 Å². The Morgan fingerprint density at radius 3 is 2.37 bits per heavy atom. The average Bonchev–Trinajstić information content (AvgIpc) is 2.35. The van der Waals surface area contributed by atoms with Gasteiger partial charge in [-0.05, 0) is 26.0 Å². The summed E-state index contributed by atoms with van der Waals surface area (Å²) < 4.78 is 4.78. The maximum absolute atomic E-state index is 11.9. The van der Waals surface area contributed by atoms with Gasteiger partial charge in [0.2, 0.25) is 0 Å². The van der Waals surface area contributed by atoms with Gasteiger partial charge in [-0.2, -0.15) is 0 Å². The number of nitrogens with one attached hydrogen (secondary N) is 1. The van der Waals surface area contributed by atoms with E-state index in [9.17, 15) is 9.59 Å². The molecular formula is C12H14Cl2N2O3. The predicted octanol–water partition coefficient (Wildman–Crippen LogP) is 2.26. The van der Waals surface area contributed by atoms with E-state index in [0.29, 0.717) is 0 Å². The van der Waals surface area contributed by atoms with E-state index < -0.39 is 17.9 Å². The summed E-state index contributed by atoms with van der Waals surface area (Å²) in [4.78, 5) is 23.3. The first-order valence-corrected chi connectivity index (χ1v) is 6.34. The van der Waals surface area contributed by atoms with E-state index in [1.807, 2.05) is 0 Å². The fraction of sp³-hybridized carbons (Fsp3) is 0.333. The molecule has 0 fully saturated rings. The van der Waals surface area contributed by atoms with Crippen molar-refractivity contribution in [3.63, 3.8) is 0 Å². The number of benzene rings is 1. The van der Waals surface area contributed by atoms with E-state index in [4.69, 9.17) is 33.7 Å². The highest BCUT2D eigenvalue weighted by atomic mass is 35.5. The van der Waals surface area contributed by atoms with Crippen molar-refractivity contribution >= 4 is 40.8 Å². The summed E-state index contributed by atoms with van der Waals surface area (Å²) in [5.74, 6) is -0.993. The number of carbonyl (C=O) groups excluding carboxylic acids is 2. The molecule has 0 aliphatic rings. The molecule has 5 nitrogen and oxygen atoms in total. The second-order valence-electron chi connectivity index (χ2n) is 3.80. The van der Waals surface area contributed by atoms with Gasteiger partial charge in [0.1, 0.15) is 6.04 Å². The van der Waals surface area contributed by atoms with E-state index in [1.54, 1.807) is 6.92 Å². The number of anilines is 1. The summed E-state index contributed by atoms with van der Waals surface area (Å²) >= 11 is 11.7. The minimum atomic E-state index is -0.762. The van der Waals surface area contributed by atoms with Crippen LogP contribution in [0, 0.1) is 0 Å². The van der Waals surface area contributed by atoms with Crippen molar-refractivity contribution in [2.75, 3.05) is 12.3 Å². The van der Waals surface area contributed by atoms with Crippen molar-refractivity contribution in [2.24, 2.45) is 0 Å². The SMILES string of the molecule is CCOC(=O)C(C)NC(=O)c1cc(Cl)c(N)c(Cl)c1. The lowest BCUT2D eigenvalue weighted by Crippen LogP contribution is -2.39. The fourth-order valence-electron chi connectivity index (χ4n) is 1.32. The zero-order chi connectivity index (χ0) is 14.6. The lowest BCUT2D eigenvalue weighted by atomic mass is 10.2. The number of halogens is 2. The second-order valence-corrected chi connectivity index (χ2v) is 4.62. The van der Waals surface area contributed by atoms with Gasteiger partial charge >= 0.3 is 5.97 Å². The summed E-state index contributed by atoms with van der Waals surface area (Å²) in [6.07, 6.45) is 0. The zero-order valence-corrected chi connectivity index (χ0v) is 12.0. The molecule has 7 heteroatoms. The van der Waals surface area contributed by atoms with Crippen LogP contribution in [0.1, 0.15) is 24.2 Å². The van der Waals surface area contributed by atoms with Gasteiger partial charge in [0.15, 0.2) is 0 Å². The maximum atomic E-state index is 11.9. The van der Waals surface area contributed by atoms with E-state index >= 15 is 0 Å². The van der Waals surface area contributed by atoms with Crippen LogP contribution in [-0.4, -0.2) is 24.5 Å². The van der Waals surface area contributed by atoms with Crippen LogP contribution in [0.15, 0.2) is 12.1 Å². The summed E-state index contributed by atoms with van der Waals surface area (Å²) in [5.41, 5.74) is 6.00. The second kappa shape index (κ2) is 6.63. The highest BCUT2D eigenvalue weighted by Crippen LogP contribution is 2.28. The zero-order valence-electron chi connectivity index (χ0n) is 10.5. The number of amides is 1. The number of hydrogen-bond donors (Lipinski definition) is 2. The average molecular weight is 305 g/mol. The lowest BCUT2D eigenvalue weighted by Gasteiger charge is -2.13. The largest absolute Gasteiger partial charge is 0.464 e. The molecule has 1 atom stereocenters. The molecule has 0 saturated heterocycles. The predicted molar refractivity (Wildman–Crippen MR) is 74.4 cm³/mol. The minimum absolute atomic E-state index is 0.182. The monoisotopic (exact) mass is 304 g/mol. The molecule has 0 aromatic heterocycles. The molecule has 0 aliphatic heterocycles. The molecule has 19 heavy (non-hydrogen) atoms. The van der Waals surface area contributed by atoms with E-state index in [-0.39, 0.29) is 27.9 Å². The van der Waals surface area contributed by atoms with Gasteiger partial charge < -0.3 is 15.8 Å². The Hall–Kier alpha value is -1.46. The Balaban J connectivity index is 2.82. The van der Waals surface area contributed by atoms with Crippen LogP contribution in [0.2, 0.25) is 10.0 Å². The Morgan fingerprint density at radius 2 is 1.89 bits per heavy atom. The molecule has 3 N–H and O–H groups in total. The molecule has 0 saturated carbocycles. The third kappa shape index (κ3) is 4.01. The highest BCUT2D eigenvalue weighted by Gasteiger charge is 2.18. The van der Waals surface area contributed by atoms with Crippen LogP contribution >= 0.6 is 23.2 Å². The van der Waals surface area contributed by atoms with Gasteiger partial charge in [-0.25, -0.2) is 4.79 Å². The molecular weight excluding hydrogens is 291 g/mol. The smallest absolute Gasteiger partial charge is 0.328 e. The van der Waals surface area contributed by atoms with Crippen LogP contribution in [-0.2, 0) is 9.53 Å². The van der Waals surface area contributed by atoms with Crippen LogP contribution < -0.4 is 11.1 Å². The van der Waals surface area contributed by atoms with Crippen LogP contribution in [0.3, 0.4) is 0 Å². The third-order valence-corrected chi connectivity index (χ3v) is 2.95. The number of ether oxygens (including phenoxy) is 1. The first kappa shape index (κ1) is 15.6. The first-order chi connectivity index (χ1) is 8.86. The standard InChI is InChI=1S/C12H14Cl2N2O3/c1-3-19-12(18)6(2)16-11(17)7-4-8(13)10(15)9(14)5-7/h4-6H,3,15H2,1-2H3,(H,16,17). The highest BCUT2D eigenvalue weighted by molar-refractivity contribution is 6.39. The van der Waals surface area contributed by atoms with Gasteiger partial charge in [0.05, 0.1) is 22.3 Å². The van der Waals surface area contributed by atoms with Crippen molar-refractivity contribution in [3.05, 3.63) is 27.7 Å². The Labute approximate surface area is 121 Å². The molecule has 1 unspecified atom stereocenters. The Kier molecular flexibility index (Phi) is 5.44. The number of esters is 1. The van der Waals surface area contributed by atoms with Crippen LogP contribution in [0.4, 0.5) is 5.69 Å². The number of nitrogens with two attached hydrogens (primary N) is 1. The molecule has 1 rings (SSSR count). The first-order valence-electron chi connectivity index (χ1n) is 5.58. The third-order valence-electron chi connectivity index (χ3n) is 2.33. The van der Waals surface area contributed by atoms with Gasteiger partial charge in [0.25, 0.3) is 5.91 Å². The summed E-state index contributed by atoms with van der Waals surface area (Å²) in [7, 11) is 0. The number of nitrogen functional groups attached to an aromatic ring is 1. The van der Waals surface area contributed by atoms with Gasteiger partial charge in [-0.15, -0.1) is 0 Å². The molecule has 0 aliphatic carbocycles. The molecule has 0 spiro atoms. The summed E-state index contributed by atoms with van der Waals surface area (Å²) in [6, 6.07) is 2.01. The van der Waals surface area contributed by atoms with Gasteiger partial charge in [-0.3, -0.25) is 4.79 Å². The van der Waals surface area contributed by atoms with Crippen molar-refractivity contribution < 1.29 is 14.3 Å². The van der Waals surface area contributed by atoms with Crippen molar-refractivity contribution in [3.8, 4) is 0 Å². The van der Waals surface area contributed by atoms with E-state index in [2.05, 4.69) is 5.32 Å². The van der Waals surface area contributed by atoms with Crippen molar-refractivity contribution in [2.45, 2.75) is 19.9 Å². The van der Waals surface area contributed by atoms with Crippen molar-refractivity contribution in [1.29, 1.82) is 0 Å². The summed E-state index contributed by atoms with van der Waals surface area (Å²) in [5, 5.41) is 2.85. The van der Waals surface area contributed by atoms with Crippen LogP contribution in [0.25, 0.3) is 0 Å². The molecule has 0 heterocycles.